The average Bonchev–Trinajstić information content (AvgIpc) is 2.98. The molecule has 2 rings (SSSR count). The van der Waals surface area contributed by atoms with Gasteiger partial charge in [0.15, 0.2) is 0 Å². The van der Waals surface area contributed by atoms with Gasteiger partial charge in [-0.25, -0.2) is 9.97 Å². The molecule has 0 bridgehead atoms. The first kappa shape index (κ1) is 11.6. The highest BCUT2D eigenvalue weighted by Gasteiger charge is 2.29. The molecule has 1 aromatic heterocycles. The highest BCUT2D eigenvalue weighted by atomic mass is 16.1. The van der Waals surface area contributed by atoms with Crippen LogP contribution in [0.1, 0.15) is 38.4 Å². The van der Waals surface area contributed by atoms with E-state index in [9.17, 15) is 4.79 Å². The molecule has 1 fully saturated rings. The van der Waals surface area contributed by atoms with Crippen molar-refractivity contribution in [1.82, 2.24) is 9.97 Å². The molecule has 1 heterocycles. The zero-order chi connectivity index (χ0) is 12.6. The molecule has 0 spiro atoms. The summed E-state index contributed by atoms with van der Waals surface area (Å²) in [6, 6.07) is 1.61. The Bertz CT molecular complexity index is 453. The van der Waals surface area contributed by atoms with Crippen molar-refractivity contribution in [2.45, 2.75) is 38.1 Å². The minimum atomic E-state index is -0.860. The minimum Gasteiger partial charge on any atom is -0.384 e. The molecular weight excluding hydrogens is 218 g/mol. The van der Waals surface area contributed by atoms with Crippen LogP contribution in [0.3, 0.4) is 0 Å². The Morgan fingerprint density at radius 1 is 1.47 bits per heavy atom. The average molecular weight is 235 g/mol. The Hall–Kier alpha value is -1.85. The van der Waals surface area contributed by atoms with E-state index in [0.717, 1.165) is 18.7 Å². The maximum Gasteiger partial charge on any atom is 0.242 e. The third-order valence-corrected chi connectivity index (χ3v) is 2.76. The van der Waals surface area contributed by atoms with Gasteiger partial charge in [-0.1, -0.05) is 0 Å². The molecule has 0 radical (unpaired) electrons. The molecule has 0 saturated heterocycles. The highest BCUT2D eigenvalue weighted by Crippen LogP contribution is 2.38. The quantitative estimate of drug-likeness (QED) is 0.708. The molecule has 5 N–H and O–H groups in total. The Kier molecular flexibility index (Phi) is 2.65. The van der Waals surface area contributed by atoms with E-state index in [1.54, 1.807) is 19.9 Å². The van der Waals surface area contributed by atoms with Crippen molar-refractivity contribution in [2.24, 2.45) is 5.73 Å². The lowest BCUT2D eigenvalue weighted by molar-refractivity contribution is -0.121. The number of hydrogen-bond acceptors (Lipinski definition) is 5. The maximum absolute atomic E-state index is 11.2. The number of primary amides is 1. The maximum atomic E-state index is 11.2. The Balaban J connectivity index is 2.23. The van der Waals surface area contributed by atoms with Crippen LogP contribution >= 0.6 is 0 Å². The molecule has 1 aromatic rings. The second kappa shape index (κ2) is 3.87. The number of amides is 1. The van der Waals surface area contributed by atoms with Gasteiger partial charge in [-0.3, -0.25) is 4.79 Å². The topological polar surface area (TPSA) is 107 Å². The highest BCUT2D eigenvalue weighted by molar-refractivity contribution is 5.86. The van der Waals surface area contributed by atoms with Crippen molar-refractivity contribution in [3.63, 3.8) is 0 Å². The summed E-state index contributed by atoms with van der Waals surface area (Å²) < 4.78 is 0. The summed E-state index contributed by atoms with van der Waals surface area (Å²) in [4.78, 5) is 19.8. The van der Waals surface area contributed by atoms with Gasteiger partial charge in [-0.2, -0.15) is 0 Å². The fourth-order valence-electron chi connectivity index (χ4n) is 1.46. The molecular formula is C11H17N5O. The SMILES string of the molecule is CC(C)(Nc1cc(N)nc(C2CC2)n1)C(N)=O. The van der Waals surface area contributed by atoms with Crippen LogP contribution in [0, 0.1) is 0 Å². The predicted octanol–water partition coefficient (Wildman–Crippen LogP) is 0.612. The van der Waals surface area contributed by atoms with E-state index < -0.39 is 11.4 Å². The molecule has 0 unspecified atom stereocenters. The second-order valence-corrected chi connectivity index (χ2v) is 4.92. The molecule has 92 valence electrons. The van der Waals surface area contributed by atoms with Crippen molar-refractivity contribution in [1.29, 1.82) is 0 Å². The van der Waals surface area contributed by atoms with Crippen LogP contribution in [0.5, 0.6) is 0 Å². The minimum absolute atomic E-state index is 0.407. The van der Waals surface area contributed by atoms with Gasteiger partial charge in [-0.05, 0) is 26.7 Å². The summed E-state index contributed by atoms with van der Waals surface area (Å²) in [6.45, 7) is 3.40. The largest absolute Gasteiger partial charge is 0.384 e. The van der Waals surface area contributed by atoms with E-state index in [1.165, 1.54) is 0 Å². The number of nitrogens with zero attached hydrogens (tertiary/aromatic N) is 2. The van der Waals surface area contributed by atoms with Crippen molar-refractivity contribution in [2.75, 3.05) is 11.1 Å². The lowest BCUT2D eigenvalue weighted by Gasteiger charge is -2.23. The molecule has 6 heteroatoms. The standard InChI is InChI=1S/C11H17N5O/c1-11(2,10(13)17)16-8-5-7(12)14-9(15-8)6-3-4-6/h5-6H,3-4H2,1-2H3,(H2,13,17)(H3,12,14,15,16). The van der Waals surface area contributed by atoms with E-state index in [2.05, 4.69) is 15.3 Å². The molecule has 17 heavy (non-hydrogen) atoms. The Morgan fingerprint density at radius 2 is 2.12 bits per heavy atom. The summed E-state index contributed by atoms with van der Waals surface area (Å²) in [5.74, 6) is 1.67. The van der Waals surface area contributed by atoms with Crippen molar-refractivity contribution < 1.29 is 4.79 Å². The van der Waals surface area contributed by atoms with Crippen LogP contribution in [0.2, 0.25) is 0 Å². The summed E-state index contributed by atoms with van der Waals surface area (Å²) in [6.07, 6.45) is 2.20. The lowest BCUT2D eigenvalue weighted by atomic mass is 10.1. The van der Waals surface area contributed by atoms with E-state index in [1.807, 2.05) is 0 Å². The van der Waals surface area contributed by atoms with Gasteiger partial charge in [0, 0.05) is 12.0 Å². The van der Waals surface area contributed by atoms with Gasteiger partial charge >= 0.3 is 0 Å². The first-order valence-corrected chi connectivity index (χ1v) is 5.61. The summed E-state index contributed by atoms with van der Waals surface area (Å²) in [5, 5.41) is 2.98. The van der Waals surface area contributed by atoms with Crippen LogP contribution in [0.25, 0.3) is 0 Å². The molecule has 0 aromatic carbocycles. The summed E-state index contributed by atoms with van der Waals surface area (Å²) in [7, 11) is 0. The van der Waals surface area contributed by atoms with E-state index in [0.29, 0.717) is 17.6 Å². The number of nitrogen functional groups attached to an aromatic ring is 1. The van der Waals surface area contributed by atoms with Crippen LogP contribution in [-0.2, 0) is 4.79 Å². The normalized spacial score (nSPS) is 15.6. The molecule has 1 aliphatic rings. The van der Waals surface area contributed by atoms with Crippen molar-refractivity contribution in [3.8, 4) is 0 Å². The molecule has 1 amide bonds. The zero-order valence-electron chi connectivity index (χ0n) is 10.0. The third-order valence-electron chi connectivity index (χ3n) is 2.76. The third kappa shape index (κ3) is 2.64. The molecule has 0 atom stereocenters. The van der Waals surface area contributed by atoms with Gasteiger partial charge < -0.3 is 16.8 Å². The first-order valence-electron chi connectivity index (χ1n) is 5.61. The van der Waals surface area contributed by atoms with Crippen LogP contribution in [-0.4, -0.2) is 21.4 Å². The smallest absolute Gasteiger partial charge is 0.242 e. The van der Waals surface area contributed by atoms with Crippen molar-refractivity contribution in [3.05, 3.63) is 11.9 Å². The fraction of sp³-hybridized carbons (Fsp3) is 0.545. The van der Waals surface area contributed by atoms with Crippen LogP contribution in [0.4, 0.5) is 11.6 Å². The number of nitrogens with one attached hydrogen (secondary N) is 1. The first-order chi connectivity index (χ1) is 7.88. The summed E-state index contributed by atoms with van der Waals surface area (Å²) in [5.41, 5.74) is 10.1. The van der Waals surface area contributed by atoms with Gasteiger partial charge in [0.05, 0.1) is 0 Å². The van der Waals surface area contributed by atoms with E-state index >= 15 is 0 Å². The number of carbonyl (C=O) groups is 1. The van der Waals surface area contributed by atoms with E-state index in [-0.39, 0.29) is 0 Å². The van der Waals surface area contributed by atoms with Gasteiger partial charge in [-0.15, -0.1) is 0 Å². The Labute approximate surface area is 99.8 Å². The van der Waals surface area contributed by atoms with Gasteiger partial charge in [0.2, 0.25) is 5.91 Å². The van der Waals surface area contributed by atoms with Crippen LogP contribution < -0.4 is 16.8 Å². The lowest BCUT2D eigenvalue weighted by Crippen LogP contribution is -2.45. The number of hydrogen-bond donors (Lipinski definition) is 3. The van der Waals surface area contributed by atoms with E-state index in [4.69, 9.17) is 11.5 Å². The second-order valence-electron chi connectivity index (χ2n) is 4.92. The van der Waals surface area contributed by atoms with Crippen LogP contribution in [0.15, 0.2) is 6.07 Å². The summed E-state index contributed by atoms with van der Waals surface area (Å²) >= 11 is 0. The molecule has 1 aliphatic carbocycles. The van der Waals surface area contributed by atoms with Crippen molar-refractivity contribution >= 4 is 17.5 Å². The zero-order valence-corrected chi connectivity index (χ0v) is 10.0. The number of anilines is 2. The fourth-order valence-corrected chi connectivity index (χ4v) is 1.46. The number of rotatable bonds is 4. The predicted molar refractivity (Wildman–Crippen MR) is 65.3 cm³/mol. The number of nitrogens with two attached hydrogens (primary N) is 2. The Morgan fingerprint density at radius 3 is 2.65 bits per heavy atom. The monoisotopic (exact) mass is 235 g/mol. The molecule has 6 nitrogen and oxygen atoms in total. The molecule has 1 saturated carbocycles. The number of carbonyl (C=O) groups excluding carboxylic acids is 1. The van der Waals surface area contributed by atoms with Gasteiger partial charge in [0.1, 0.15) is 23.0 Å². The number of aromatic nitrogens is 2. The van der Waals surface area contributed by atoms with Gasteiger partial charge in [0.25, 0.3) is 0 Å². The molecule has 0 aliphatic heterocycles.